The Balaban J connectivity index is 2.09. The molecule has 1 unspecified atom stereocenters. The van der Waals surface area contributed by atoms with E-state index in [0.717, 1.165) is 23.6 Å². The predicted molar refractivity (Wildman–Crippen MR) is 83.0 cm³/mol. The molecule has 106 valence electrons. The number of ether oxygens (including phenoxy) is 1. The van der Waals surface area contributed by atoms with Gasteiger partial charge in [-0.05, 0) is 36.6 Å². The van der Waals surface area contributed by atoms with Crippen molar-refractivity contribution in [2.75, 3.05) is 11.9 Å². The third-order valence-corrected chi connectivity index (χ3v) is 3.02. The largest absolute Gasteiger partial charge is 0.491 e. The van der Waals surface area contributed by atoms with Gasteiger partial charge in [-0.2, -0.15) is 0 Å². The van der Waals surface area contributed by atoms with Crippen molar-refractivity contribution in [3.63, 3.8) is 0 Å². The smallest absolute Gasteiger partial charge is 0.142 e. The maximum absolute atomic E-state index is 5.86. The van der Waals surface area contributed by atoms with E-state index in [2.05, 4.69) is 37.1 Å². The van der Waals surface area contributed by atoms with Crippen LogP contribution in [0.2, 0.25) is 0 Å². The molecular formula is C17H22N2O. The molecule has 1 heterocycles. The number of rotatable bonds is 6. The number of benzene rings is 1. The molecule has 1 aromatic carbocycles. The first-order valence-electron chi connectivity index (χ1n) is 7.05. The molecule has 0 aliphatic carbocycles. The second kappa shape index (κ2) is 6.94. The quantitative estimate of drug-likeness (QED) is 0.850. The molecule has 0 bridgehead atoms. The molecule has 0 aliphatic rings. The summed E-state index contributed by atoms with van der Waals surface area (Å²) in [6.07, 6.45) is 3.67. The van der Waals surface area contributed by atoms with Gasteiger partial charge in [0.2, 0.25) is 0 Å². The maximum atomic E-state index is 5.86. The molecule has 1 N–H and O–H groups in total. The van der Waals surface area contributed by atoms with Crippen LogP contribution in [0, 0.1) is 5.92 Å². The van der Waals surface area contributed by atoms with E-state index in [4.69, 9.17) is 4.74 Å². The Hall–Kier alpha value is -2.03. The Morgan fingerprint density at radius 3 is 2.60 bits per heavy atom. The highest BCUT2D eigenvalue weighted by atomic mass is 16.5. The van der Waals surface area contributed by atoms with Crippen molar-refractivity contribution in [1.82, 2.24) is 4.98 Å². The Kier molecular flexibility index (Phi) is 4.99. The van der Waals surface area contributed by atoms with Gasteiger partial charge in [0, 0.05) is 12.4 Å². The van der Waals surface area contributed by atoms with Crippen molar-refractivity contribution in [3.8, 4) is 5.75 Å². The maximum Gasteiger partial charge on any atom is 0.142 e. The summed E-state index contributed by atoms with van der Waals surface area (Å²) in [6, 6.07) is 12.3. The molecule has 0 amide bonds. The second-order valence-corrected chi connectivity index (χ2v) is 5.35. The Labute approximate surface area is 121 Å². The van der Waals surface area contributed by atoms with Gasteiger partial charge in [-0.1, -0.05) is 32.0 Å². The van der Waals surface area contributed by atoms with E-state index in [0.29, 0.717) is 5.92 Å². The zero-order valence-corrected chi connectivity index (χ0v) is 12.3. The number of nitrogens with one attached hydrogen (secondary N) is 1. The molecule has 3 nitrogen and oxygen atoms in total. The summed E-state index contributed by atoms with van der Waals surface area (Å²) in [7, 11) is 0. The lowest BCUT2D eigenvalue weighted by atomic mass is 10.1. The minimum atomic E-state index is 0.187. The fraction of sp³-hybridized carbons (Fsp3) is 0.353. The topological polar surface area (TPSA) is 34.1 Å². The molecule has 0 radical (unpaired) electrons. The normalized spacial score (nSPS) is 12.2. The van der Waals surface area contributed by atoms with E-state index >= 15 is 0 Å². The van der Waals surface area contributed by atoms with Crippen molar-refractivity contribution < 1.29 is 4.74 Å². The van der Waals surface area contributed by atoms with Crippen LogP contribution in [0.4, 0.5) is 5.69 Å². The van der Waals surface area contributed by atoms with Crippen LogP contribution in [-0.4, -0.2) is 11.6 Å². The van der Waals surface area contributed by atoms with Crippen molar-refractivity contribution in [2.45, 2.75) is 26.8 Å². The second-order valence-electron chi connectivity index (χ2n) is 5.35. The SMILES string of the molecule is CC(C)COc1ccccc1NC(C)c1cccnc1. The third-order valence-electron chi connectivity index (χ3n) is 3.02. The van der Waals surface area contributed by atoms with E-state index in [-0.39, 0.29) is 6.04 Å². The summed E-state index contributed by atoms with van der Waals surface area (Å²) in [5.41, 5.74) is 2.18. The zero-order valence-electron chi connectivity index (χ0n) is 12.3. The van der Waals surface area contributed by atoms with Crippen LogP contribution >= 0.6 is 0 Å². The molecule has 2 rings (SSSR count). The van der Waals surface area contributed by atoms with Crippen molar-refractivity contribution in [3.05, 3.63) is 54.4 Å². The van der Waals surface area contributed by atoms with Gasteiger partial charge in [-0.25, -0.2) is 0 Å². The van der Waals surface area contributed by atoms with Crippen LogP contribution in [0.1, 0.15) is 32.4 Å². The average Bonchev–Trinajstić information content (AvgIpc) is 2.47. The van der Waals surface area contributed by atoms with Gasteiger partial charge in [-0.15, -0.1) is 0 Å². The lowest BCUT2D eigenvalue weighted by Crippen LogP contribution is -2.10. The predicted octanol–water partition coefficient (Wildman–Crippen LogP) is 4.29. The molecule has 1 atom stereocenters. The van der Waals surface area contributed by atoms with Crippen LogP contribution in [0.5, 0.6) is 5.75 Å². The molecule has 20 heavy (non-hydrogen) atoms. The van der Waals surface area contributed by atoms with E-state index in [1.807, 2.05) is 36.5 Å². The van der Waals surface area contributed by atoms with Crippen molar-refractivity contribution >= 4 is 5.69 Å². The van der Waals surface area contributed by atoms with Gasteiger partial charge < -0.3 is 10.1 Å². The van der Waals surface area contributed by atoms with E-state index in [1.54, 1.807) is 6.20 Å². The van der Waals surface area contributed by atoms with Gasteiger partial charge in [0.1, 0.15) is 5.75 Å². The highest BCUT2D eigenvalue weighted by molar-refractivity contribution is 5.57. The lowest BCUT2D eigenvalue weighted by molar-refractivity contribution is 0.272. The molecule has 0 spiro atoms. The Morgan fingerprint density at radius 1 is 1.10 bits per heavy atom. The molecule has 0 aliphatic heterocycles. The van der Waals surface area contributed by atoms with Crippen LogP contribution < -0.4 is 10.1 Å². The van der Waals surface area contributed by atoms with Crippen LogP contribution in [0.25, 0.3) is 0 Å². The summed E-state index contributed by atoms with van der Waals surface area (Å²) >= 11 is 0. The fourth-order valence-corrected chi connectivity index (χ4v) is 1.92. The number of hydrogen-bond acceptors (Lipinski definition) is 3. The number of pyridine rings is 1. The van der Waals surface area contributed by atoms with Crippen LogP contribution in [-0.2, 0) is 0 Å². The number of aromatic nitrogens is 1. The van der Waals surface area contributed by atoms with Crippen molar-refractivity contribution in [2.24, 2.45) is 5.92 Å². The molecule has 2 aromatic rings. The summed E-state index contributed by atoms with van der Waals surface area (Å²) in [5, 5.41) is 3.49. The van der Waals surface area contributed by atoms with E-state index in [9.17, 15) is 0 Å². The lowest BCUT2D eigenvalue weighted by Gasteiger charge is -2.19. The molecule has 0 fully saturated rings. The third kappa shape index (κ3) is 3.98. The number of nitrogens with zero attached hydrogens (tertiary/aromatic N) is 1. The van der Waals surface area contributed by atoms with Gasteiger partial charge in [0.25, 0.3) is 0 Å². The summed E-state index contributed by atoms with van der Waals surface area (Å²) < 4.78 is 5.86. The first-order valence-corrected chi connectivity index (χ1v) is 7.05. The fourth-order valence-electron chi connectivity index (χ4n) is 1.92. The average molecular weight is 270 g/mol. The first kappa shape index (κ1) is 14.4. The number of para-hydroxylation sites is 2. The Morgan fingerprint density at radius 2 is 1.90 bits per heavy atom. The van der Waals surface area contributed by atoms with Crippen LogP contribution in [0.3, 0.4) is 0 Å². The Bertz CT molecular complexity index is 526. The number of anilines is 1. The monoisotopic (exact) mass is 270 g/mol. The zero-order chi connectivity index (χ0) is 14.4. The molecule has 1 aromatic heterocycles. The minimum absolute atomic E-state index is 0.187. The molecule has 0 saturated heterocycles. The van der Waals surface area contributed by atoms with Crippen LogP contribution in [0.15, 0.2) is 48.8 Å². The highest BCUT2D eigenvalue weighted by Gasteiger charge is 2.09. The summed E-state index contributed by atoms with van der Waals surface area (Å²) in [6.45, 7) is 7.14. The minimum Gasteiger partial charge on any atom is -0.491 e. The standard InChI is InChI=1S/C17H22N2O/c1-13(2)12-20-17-9-5-4-8-16(17)19-14(3)15-7-6-10-18-11-15/h4-11,13-14,19H,12H2,1-3H3. The molecule has 0 saturated carbocycles. The highest BCUT2D eigenvalue weighted by Crippen LogP contribution is 2.28. The van der Waals surface area contributed by atoms with E-state index in [1.165, 1.54) is 0 Å². The van der Waals surface area contributed by atoms with Gasteiger partial charge in [0.15, 0.2) is 0 Å². The number of hydrogen-bond donors (Lipinski definition) is 1. The summed E-state index contributed by atoms with van der Waals surface area (Å²) in [5.74, 6) is 1.41. The van der Waals surface area contributed by atoms with Gasteiger partial charge >= 0.3 is 0 Å². The van der Waals surface area contributed by atoms with E-state index < -0.39 is 0 Å². The summed E-state index contributed by atoms with van der Waals surface area (Å²) in [4.78, 5) is 4.16. The molecule has 3 heteroatoms. The molecular weight excluding hydrogens is 248 g/mol. The first-order chi connectivity index (χ1) is 9.66. The van der Waals surface area contributed by atoms with Gasteiger partial charge in [-0.3, -0.25) is 4.98 Å². The van der Waals surface area contributed by atoms with Crippen molar-refractivity contribution in [1.29, 1.82) is 0 Å². The van der Waals surface area contributed by atoms with Gasteiger partial charge in [0.05, 0.1) is 18.3 Å².